The first-order chi connectivity index (χ1) is 10.8. The van der Waals surface area contributed by atoms with Crippen LogP contribution in [0.25, 0.3) is 0 Å². The first-order valence-electron chi connectivity index (χ1n) is 7.95. The Morgan fingerprint density at radius 3 is 2.39 bits per heavy atom. The number of hydrogen-bond acceptors (Lipinski definition) is 2. The third-order valence-corrected chi connectivity index (χ3v) is 6.73. The predicted octanol–water partition coefficient (Wildman–Crippen LogP) is 3.82. The lowest BCUT2D eigenvalue weighted by molar-refractivity contribution is 0.481. The van der Waals surface area contributed by atoms with Crippen molar-refractivity contribution in [2.75, 3.05) is 13.1 Å². The summed E-state index contributed by atoms with van der Waals surface area (Å²) in [6.45, 7) is 10.8. The maximum atomic E-state index is 13.2. The lowest BCUT2D eigenvalue weighted by Gasteiger charge is -2.20. The molecule has 0 unspecified atom stereocenters. The van der Waals surface area contributed by atoms with E-state index in [0.29, 0.717) is 18.0 Å². The fourth-order valence-corrected chi connectivity index (χ4v) is 5.42. The molecule has 1 aromatic carbocycles. The van der Waals surface area contributed by atoms with Crippen molar-refractivity contribution in [3.8, 4) is 0 Å². The summed E-state index contributed by atoms with van der Waals surface area (Å²) in [7, 11) is -3.49. The van der Waals surface area contributed by atoms with E-state index in [-0.39, 0.29) is 0 Å². The van der Waals surface area contributed by atoms with Crippen molar-refractivity contribution in [3.63, 3.8) is 0 Å². The number of aryl methyl sites for hydroxylation is 3. The first kappa shape index (κ1) is 16.2. The number of rotatable bonds is 2. The molecule has 0 bridgehead atoms. The highest BCUT2D eigenvalue weighted by Gasteiger charge is 2.34. The lowest BCUT2D eigenvalue weighted by atomic mass is 10.0. The van der Waals surface area contributed by atoms with Crippen LogP contribution in [0.15, 0.2) is 52.5 Å². The first-order valence-corrected chi connectivity index (χ1v) is 9.39. The molecule has 3 rings (SSSR count). The van der Waals surface area contributed by atoms with Crippen LogP contribution in [-0.4, -0.2) is 25.8 Å². The molecule has 0 fully saturated rings. The van der Waals surface area contributed by atoms with Crippen LogP contribution in [0.1, 0.15) is 29.5 Å². The molecule has 0 atom stereocenters. The van der Waals surface area contributed by atoms with Gasteiger partial charge >= 0.3 is 0 Å². The summed E-state index contributed by atoms with van der Waals surface area (Å²) in [6, 6.07) is 3.88. The average Bonchev–Trinajstić information content (AvgIpc) is 2.80. The fourth-order valence-electron chi connectivity index (χ4n) is 3.62. The van der Waals surface area contributed by atoms with Gasteiger partial charge in [0.1, 0.15) is 0 Å². The summed E-state index contributed by atoms with van der Waals surface area (Å²) >= 11 is 0. The third kappa shape index (κ3) is 2.81. The van der Waals surface area contributed by atoms with Gasteiger partial charge in [0.2, 0.25) is 10.0 Å². The van der Waals surface area contributed by atoms with Gasteiger partial charge in [0.25, 0.3) is 0 Å². The smallest absolute Gasteiger partial charge is 0.207 e. The van der Waals surface area contributed by atoms with Crippen LogP contribution in [0.5, 0.6) is 0 Å². The minimum atomic E-state index is -3.49. The maximum absolute atomic E-state index is 13.2. The van der Waals surface area contributed by atoms with Gasteiger partial charge < -0.3 is 0 Å². The monoisotopic (exact) mass is 329 g/mol. The average molecular weight is 329 g/mol. The van der Waals surface area contributed by atoms with Crippen molar-refractivity contribution >= 4 is 10.0 Å². The Morgan fingerprint density at radius 1 is 1.09 bits per heavy atom. The van der Waals surface area contributed by atoms with Crippen molar-refractivity contribution in [1.29, 1.82) is 0 Å². The number of sulfonamides is 1. The Hall–Kier alpha value is -1.65. The highest BCUT2D eigenvalue weighted by atomic mass is 32.2. The summed E-state index contributed by atoms with van der Waals surface area (Å²) < 4.78 is 27.9. The highest BCUT2D eigenvalue weighted by Crippen LogP contribution is 2.34. The Balaban J connectivity index is 1.99. The van der Waals surface area contributed by atoms with E-state index in [1.165, 1.54) is 0 Å². The van der Waals surface area contributed by atoms with Crippen LogP contribution < -0.4 is 0 Å². The molecule has 0 aromatic heterocycles. The Kier molecular flexibility index (Phi) is 4.07. The minimum Gasteiger partial charge on any atom is -0.207 e. The van der Waals surface area contributed by atoms with Gasteiger partial charge in [0.15, 0.2) is 0 Å². The van der Waals surface area contributed by atoms with E-state index in [1.807, 2.05) is 32.9 Å². The molecule has 0 spiro atoms. The Labute approximate surface area is 139 Å². The molecule has 1 heterocycles. The van der Waals surface area contributed by atoms with E-state index in [9.17, 15) is 8.42 Å². The van der Waals surface area contributed by atoms with Gasteiger partial charge in [-0.3, -0.25) is 0 Å². The lowest BCUT2D eigenvalue weighted by Crippen LogP contribution is -2.31. The summed E-state index contributed by atoms with van der Waals surface area (Å²) in [6.07, 6.45) is 6.07. The van der Waals surface area contributed by atoms with Crippen LogP contribution in [0.3, 0.4) is 0 Å². The number of hydrogen-bond donors (Lipinski definition) is 0. The van der Waals surface area contributed by atoms with Gasteiger partial charge in [0.05, 0.1) is 4.90 Å². The van der Waals surface area contributed by atoms with Gasteiger partial charge in [-0.25, -0.2) is 8.42 Å². The fraction of sp³-hybridized carbons (Fsp3) is 0.368. The van der Waals surface area contributed by atoms with E-state index in [2.05, 4.69) is 18.7 Å². The number of allylic oxidation sites excluding steroid dienone is 1. The molecule has 0 saturated heterocycles. The van der Waals surface area contributed by atoms with Gasteiger partial charge in [-0.05, 0) is 55.9 Å². The van der Waals surface area contributed by atoms with Crippen LogP contribution >= 0.6 is 0 Å². The third-order valence-electron chi connectivity index (χ3n) is 4.63. The molecule has 1 aromatic rings. The molecule has 3 nitrogen and oxygen atoms in total. The molecule has 1 aliphatic carbocycles. The van der Waals surface area contributed by atoms with Crippen LogP contribution in [0, 0.1) is 20.8 Å². The minimum absolute atomic E-state index is 0.438. The molecule has 1 aliphatic heterocycles. The van der Waals surface area contributed by atoms with E-state index >= 15 is 0 Å². The Bertz CT molecular complexity index is 821. The van der Waals surface area contributed by atoms with Gasteiger partial charge in [-0.1, -0.05) is 42.0 Å². The molecule has 23 heavy (non-hydrogen) atoms. The zero-order valence-corrected chi connectivity index (χ0v) is 14.8. The largest absolute Gasteiger partial charge is 0.244 e. The molecule has 2 aliphatic rings. The number of nitrogens with zero attached hydrogens (tertiary/aromatic N) is 1. The van der Waals surface area contributed by atoms with Gasteiger partial charge in [-0.15, -0.1) is 0 Å². The summed E-state index contributed by atoms with van der Waals surface area (Å²) in [4.78, 5) is 0.454. The molecular weight excluding hydrogens is 306 g/mol. The van der Waals surface area contributed by atoms with Gasteiger partial charge in [-0.2, -0.15) is 4.31 Å². The normalized spacial score (nSPS) is 19.2. The van der Waals surface area contributed by atoms with Crippen molar-refractivity contribution < 1.29 is 8.42 Å². The molecule has 0 N–H and O–H groups in total. The van der Waals surface area contributed by atoms with Crippen molar-refractivity contribution in [2.24, 2.45) is 0 Å². The molecule has 122 valence electrons. The second kappa shape index (κ2) is 5.77. The zero-order chi connectivity index (χ0) is 16.8. The molecule has 4 heteroatoms. The highest BCUT2D eigenvalue weighted by molar-refractivity contribution is 7.89. The number of benzene rings is 1. The molecule has 0 saturated carbocycles. The van der Waals surface area contributed by atoms with Gasteiger partial charge in [0, 0.05) is 13.1 Å². The van der Waals surface area contributed by atoms with E-state index in [4.69, 9.17) is 0 Å². The molecule has 0 radical (unpaired) electrons. The Morgan fingerprint density at radius 2 is 1.74 bits per heavy atom. The van der Waals surface area contributed by atoms with Crippen LogP contribution in [-0.2, 0) is 10.0 Å². The topological polar surface area (TPSA) is 37.4 Å². The van der Waals surface area contributed by atoms with Crippen molar-refractivity contribution in [2.45, 2.75) is 38.5 Å². The standard InChI is InChI=1S/C19H23NO2S/c1-13-9-15(3)19(16(4)10-13)23(21,22)20-11-17-8-6-5-7-14(2)18(17)12-20/h6,8-10H,2,5,7,11-12H2,1,3-4H3. The molecular formula is C19H23NO2S. The van der Waals surface area contributed by atoms with Crippen LogP contribution in [0.2, 0.25) is 0 Å². The second-order valence-electron chi connectivity index (χ2n) is 6.55. The predicted molar refractivity (Wildman–Crippen MR) is 94.0 cm³/mol. The SMILES string of the molecule is C=C1CCC=CC2=C1CN(S(=O)(=O)c1c(C)cc(C)cc1C)C2. The summed E-state index contributed by atoms with van der Waals surface area (Å²) in [5.41, 5.74) is 5.99. The van der Waals surface area contributed by atoms with E-state index in [1.54, 1.807) is 4.31 Å². The van der Waals surface area contributed by atoms with Crippen LogP contribution in [0.4, 0.5) is 0 Å². The summed E-state index contributed by atoms with van der Waals surface area (Å²) in [5.74, 6) is 0. The van der Waals surface area contributed by atoms with Crippen molar-refractivity contribution in [1.82, 2.24) is 4.31 Å². The summed E-state index contributed by atoms with van der Waals surface area (Å²) in [5, 5.41) is 0. The maximum Gasteiger partial charge on any atom is 0.244 e. The van der Waals surface area contributed by atoms with Crippen molar-refractivity contribution in [3.05, 3.63) is 64.3 Å². The van der Waals surface area contributed by atoms with E-state index in [0.717, 1.165) is 46.3 Å². The second-order valence-corrected chi connectivity index (χ2v) is 8.42. The zero-order valence-electron chi connectivity index (χ0n) is 14.0. The quantitative estimate of drug-likeness (QED) is 0.827. The van der Waals surface area contributed by atoms with E-state index < -0.39 is 10.0 Å². The molecule has 0 amide bonds.